The van der Waals surface area contributed by atoms with Gasteiger partial charge in [-0.25, -0.2) is 14.0 Å². The number of urea groups is 1. The van der Waals surface area contributed by atoms with Gasteiger partial charge in [0, 0.05) is 10.7 Å². The number of aromatic nitrogens is 1. The van der Waals surface area contributed by atoms with Crippen molar-refractivity contribution in [2.75, 3.05) is 10.6 Å². The fourth-order valence-corrected chi connectivity index (χ4v) is 1.96. The quantitative estimate of drug-likeness (QED) is 0.789. The van der Waals surface area contributed by atoms with E-state index in [9.17, 15) is 14.0 Å². The van der Waals surface area contributed by atoms with Crippen molar-refractivity contribution in [1.29, 1.82) is 0 Å². The number of amides is 2. The van der Waals surface area contributed by atoms with E-state index in [1.54, 1.807) is 6.07 Å². The lowest BCUT2D eigenvalue weighted by atomic mass is 10.2. The molecule has 0 saturated carbocycles. The van der Waals surface area contributed by atoms with Crippen molar-refractivity contribution in [3.05, 3.63) is 52.5 Å². The fraction of sp³-hybridized carbons (Fsp3) is 0. The Morgan fingerprint density at radius 3 is 2.67 bits per heavy atom. The first-order valence-corrected chi connectivity index (χ1v) is 6.47. The highest BCUT2D eigenvalue weighted by molar-refractivity contribution is 9.10. The minimum Gasteiger partial charge on any atom is -0.478 e. The molecule has 1 aromatic carbocycles. The molecule has 2 rings (SSSR count). The minimum absolute atomic E-state index is 0.0163. The maximum absolute atomic E-state index is 13.6. The van der Waals surface area contributed by atoms with Gasteiger partial charge in [0.1, 0.15) is 5.82 Å². The van der Waals surface area contributed by atoms with Crippen molar-refractivity contribution in [3.8, 4) is 0 Å². The zero-order chi connectivity index (χ0) is 15.4. The predicted molar refractivity (Wildman–Crippen MR) is 77.9 cm³/mol. The second-order valence-corrected chi connectivity index (χ2v) is 4.80. The molecule has 108 valence electrons. The smallest absolute Gasteiger partial charge is 0.337 e. The van der Waals surface area contributed by atoms with E-state index in [1.807, 2.05) is 0 Å². The van der Waals surface area contributed by atoms with Crippen LogP contribution in [0.4, 0.5) is 20.6 Å². The SMILES string of the molecule is O=C(Nc1cncc(C(=O)O)c1)Nc1c(F)cccc1Br. The molecule has 0 aliphatic carbocycles. The molecule has 0 unspecified atom stereocenters. The second kappa shape index (κ2) is 6.31. The number of halogens is 2. The molecule has 6 nitrogen and oxygen atoms in total. The Balaban J connectivity index is 2.12. The Kier molecular flexibility index (Phi) is 4.49. The van der Waals surface area contributed by atoms with Gasteiger partial charge in [-0.05, 0) is 34.1 Å². The summed E-state index contributed by atoms with van der Waals surface area (Å²) in [6, 6.07) is 4.79. The Bertz CT molecular complexity index is 689. The third kappa shape index (κ3) is 3.76. The Morgan fingerprint density at radius 1 is 1.24 bits per heavy atom. The molecule has 0 spiro atoms. The molecule has 3 N–H and O–H groups in total. The fourth-order valence-electron chi connectivity index (χ4n) is 1.52. The molecule has 1 heterocycles. The molecular weight excluding hydrogens is 345 g/mol. The first-order valence-electron chi connectivity index (χ1n) is 5.67. The van der Waals surface area contributed by atoms with Crippen LogP contribution in [0.1, 0.15) is 10.4 Å². The Morgan fingerprint density at radius 2 is 2.00 bits per heavy atom. The van der Waals surface area contributed by atoms with Gasteiger partial charge in [0.2, 0.25) is 0 Å². The maximum atomic E-state index is 13.6. The van der Waals surface area contributed by atoms with Gasteiger partial charge in [0.15, 0.2) is 0 Å². The van der Waals surface area contributed by atoms with Crippen LogP contribution >= 0.6 is 15.9 Å². The number of hydrogen-bond donors (Lipinski definition) is 3. The predicted octanol–water partition coefficient (Wildman–Crippen LogP) is 3.33. The van der Waals surface area contributed by atoms with Crippen molar-refractivity contribution in [2.45, 2.75) is 0 Å². The lowest BCUT2D eigenvalue weighted by molar-refractivity contribution is 0.0696. The lowest BCUT2D eigenvalue weighted by Gasteiger charge is -2.10. The zero-order valence-electron chi connectivity index (χ0n) is 10.4. The molecule has 21 heavy (non-hydrogen) atoms. The summed E-state index contributed by atoms with van der Waals surface area (Å²) in [6.07, 6.45) is 2.43. The number of carboxylic acid groups (broad SMARTS) is 1. The van der Waals surface area contributed by atoms with Crippen LogP contribution in [0.2, 0.25) is 0 Å². The summed E-state index contributed by atoms with van der Waals surface area (Å²) in [7, 11) is 0. The van der Waals surface area contributed by atoms with Gasteiger partial charge in [0.25, 0.3) is 0 Å². The van der Waals surface area contributed by atoms with E-state index in [4.69, 9.17) is 5.11 Å². The number of carbonyl (C=O) groups excluding carboxylic acids is 1. The first-order chi connectivity index (χ1) is 9.97. The highest BCUT2D eigenvalue weighted by atomic mass is 79.9. The van der Waals surface area contributed by atoms with Crippen molar-refractivity contribution >= 4 is 39.3 Å². The van der Waals surface area contributed by atoms with Crippen LogP contribution in [0.3, 0.4) is 0 Å². The van der Waals surface area contributed by atoms with E-state index in [2.05, 4.69) is 31.5 Å². The van der Waals surface area contributed by atoms with Crippen molar-refractivity contribution in [2.24, 2.45) is 0 Å². The first kappa shape index (κ1) is 14.9. The van der Waals surface area contributed by atoms with E-state index in [1.165, 1.54) is 24.4 Å². The normalized spacial score (nSPS) is 10.0. The molecule has 2 aromatic rings. The van der Waals surface area contributed by atoms with Crippen LogP contribution in [-0.2, 0) is 0 Å². The molecule has 0 radical (unpaired) electrons. The molecule has 1 aromatic heterocycles. The third-order valence-corrected chi connectivity index (χ3v) is 3.11. The molecule has 0 bridgehead atoms. The third-order valence-electron chi connectivity index (χ3n) is 2.44. The lowest BCUT2D eigenvalue weighted by Crippen LogP contribution is -2.20. The van der Waals surface area contributed by atoms with E-state index >= 15 is 0 Å². The number of anilines is 2. The van der Waals surface area contributed by atoms with Crippen LogP contribution in [-0.4, -0.2) is 22.1 Å². The number of carboxylic acids is 1. The molecule has 0 aliphatic heterocycles. The van der Waals surface area contributed by atoms with Gasteiger partial charge < -0.3 is 15.7 Å². The number of hydrogen-bond acceptors (Lipinski definition) is 3. The molecule has 0 atom stereocenters. The molecular formula is C13H9BrFN3O3. The zero-order valence-corrected chi connectivity index (χ0v) is 12.0. The summed E-state index contributed by atoms with van der Waals surface area (Å²) < 4.78 is 13.9. The Labute approximate surface area is 127 Å². The number of para-hydroxylation sites is 1. The van der Waals surface area contributed by atoms with Crippen LogP contribution < -0.4 is 10.6 Å². The van der Waals surface area contributed by atoms with E-state index < -0.39 is 17.8 Å². The highest BCUT2D eigenvalue weighted by Gasteiger charge is 2.11. The van der Waals surface area contributed by atoms with Gasteiger partial charge >= 0.3 is 12.0 Å². The molecule has 2 amide bonds. The number of nitrogens with zero attached hydrogens (tertiary/aromatic N) is 1. The Hall–Kier alpha value is -2.48. The van der Waals surface area contributed by atoms with Crippen molar-refractivity contribution in [3.63, 3.8) is 0 Å². The molecule has 0 aliphatic rings. The number of aromatic carboxylic acids is 1. The van der Waals surface area contributed by atoms with Gasteiger partial charge in [-0.15, -0.1) is 0 Å². The average molecular weight is 354 g/mol. The van der Waals surface area contributed by atoms with Crippen LogP contribution in [0, 0.1) is 5.82 Å². The van der Waals surface area contributed by atoms with Crippen molar-refractivity contribution < 1.29 is 19.1 Å². The van der Waals surface area contributed by atoms with Gasteiger partial charge in [-0.2, -0.15) is 0 Å². The van der Waals surface area contributed by atoms with Crippen LogP contribution in [0.25, 0.3) is 0 Å². The van der Waals surface area contributed by atoms with Crippen LogP contribution in [0.5, 0.6) is 0 Å². The van der Waals surface area contributed by atoms with Gasteiger partial charge in [0.05, 0.1) is 23.1 Å². The van der Waals surface area contributed by atoms with Gasteiger partial charge in [-0.3, -0.25) is 4.98 Å². The summed E-state index contributed by atoms with van der Waals surface area (Å²) in [6.45, 7) is 0. The topological polar surface area (TPSA) is 91.3 Å². The van der Waals surface area contributed by atoms with Crippen molar-refractivity contribution in [1.82, 2.24) is 4.98 Å². The number of nitrogens with one attached hydrogen (secondary N) is 2. The second-order valence-electron chi connectivity index (χ2n) is 3.94. The molecule has 8 heteroatoms. The number of pyridine rings is 1. The summed E-state index contributed by atoms with van der Waals surface area (Å²) >= 11 is 3.12. The van der Waals surface area contributed by atoms with E-state index in [0.717, 1.165) is 6.20 Å². The number of rotatable bonds is 3. The van der Waals surface area contributed by atoms with E-state index in [0.29, 0.717) is 4.47 Å². The highest BCUT2D eigenvalue weighted by Crippen LogP contribution is 2.25. The number of carbonyl (C=O) groups is 2. The maximum Gasteiger partial charge on any atom is 0.337 e. The summed E-state index contributed by atoms with van der Waals surface area (Å²) in [4.78, 5) is 26.3. The van der Waals surface area contributed by atoms with E-state index in [-0.39, 0.29) is 16.9 Å². The molecule has 0 fully saturated rings. The summed E-state index contributed by atoms with van der Waals surface area (Å²) in [5.41, 5.74) is 0.0945. The average Bonchev–Trinajstić information content (AvgIpc) is 2.43. The standard InChI is InChI=1S/C13H9BrFN3O3/c14-9-2-1-3-10(15)11(9)18-13(21)17-8-4-7(12(19)20)5-16-6-8/h1-6H,(H,19,20)(H2,17,18,21). The number of benzene rings is 1. The monoisotopic (exact) mass is 353 g/mol. The molecule has 0 saturated heterocycles. The minimum atomic E-state index is -1.16. The van der Waals surface area contributed by atoms with Gasteiger partial charge in [-0.1, -0.05) is 6.07 Å². The summed E-state index contributed by atoms with van der Waals surface area (Å²) in [5.74, 6) is -1.76. The summed E-state index contributed by atoms with van der Waals surface area (Å²) in [5, 5.41) is 13.5. The van der Waals surface area contributed by atoms with Crippen LogP contribution in [0.15, 0.2) is 41.1 Å². The largest absolute Gasteiger partial charge is 0.478 e.